The highest BCUT2D eigenvalue weighted by molar-refractivity contribution is 5.87. The van der Waals surface area contributed by atoms with E-state index in [1.165, 1.54) is 18.1 Å². The molecule has 0 aliphatic carbocycles. The molecule has 0 saturated heterocycles. The molecular weight excluding hydrogens is 366 g/mol. The fraction of sp³-hybridized carbons (Fsp3) is 0.455. The van der Waals surface area contributed by atoms with Gasteiger partial charge < -0.3 is 4.57 Å². The Labute approximate surface area is 170 Å². The first-order valence-corrected chi connectivity index (χ1v) is 9.72. The minimum Gasteiger partial charge on any atom is -0.311 e. The van der Waals surface area contributed by atoms with E-state index < -0.39 is 0 Å². The van der Waals surface area contributed by atoms with E-state index in [1.807, 2.05) is 4.57 Å². The number of anilines is 1. The molecule has 2 N–H and O–H groups in total. The molecular formula is C22H29N5O2. The highest BCUT2D eigenvalue weighted by atomic mass is 16.1. The lowest BCUT2D eigenvalue weighted by Gasteiger charge is -2.26. The minimum absolute atomic E-state index is 0.0149. The standard InChI is InChI=1S/C22H29N5O2/c1-13(28)24-20-25-18-17(19(29)26-20)23-12-27(18)11-14-8-15(21(2,3)4)10-16(9-14)22(5,6)7/h8-10,12H,11H2,1-7H3,(H2,24,25,26,28,29). The zero-order valence-electron chi connectivity index (χ0n) is 18.2. The summed E-state index contributed by atoms with van der Waals surface area (Å²) in [7, 11) is 0. The van der Waals surface area contributed by atoms with Crippen LogP contribution in [0.15, 0.2) is 29.3 Å². The van der Waals surface area contributed by atoms with Crippen LogP contribution < -0.4 is 10.9 Å². The summed E-state index contributed by atoms with van der Waals surface area (Å²) in [6.45, 7) is 15.1. The van der Waals surface area contributed by atoms with Crippen molar-refractivity contribution in [3.8, 4) is 0 Å². The molecule has 154 valence electrons. The predicted molar refractivity (Wildman–Crippen MR) is 115 cm³/mol. The Morgan fingerprint density at radius 3 is 2.17 bits per heavy atom. The number of amides is 1. The highest BCUT2D eigenvalue weighted by Gasteiger charge is 2.21. The molecule has 29 heavy (non-hydrogen) atoms. The molecule has 1 amide bonds. The Balaban J connectivity index is 2.10. The first-order valence-electron chi connectivity index (χ1n) is 9.72. The van der Waals surface area contributed by atoms with Crippen LogP contribution in [0.25, 0.3) is 11.2 Å². The van der Waals surface area contributed by atoms with Gasteiger partial charge >= 0.3 is 0 Å². The number of hydrogen-bond donors (Lipinski definition) is 2. The lowest BCUT2D eigenvalue weighted by molar-refractivity contribution is -0.114. The van der Waals surface area contributed by atoms with Gasteiger partial charge in [0.25, 0.3) is 5.56 Å². The van der Waals surface area contributed by atoms with Gasteiger partial charge in [-0.1, -0.05) is 59.7 Å². The average molecular weight is 396 g/mol. The molecule has 0 aliphatic heterocycles. The van der Waals surface area contributed by atoms with E-state index in [4.69, 9.17) is 0 Å². The molecule has 2 heterocycles. The Morgan fingerprint density at radius 2 is 1.66 bits per heavy atom. The average Bonchev–Trinajstić information content (AvgIpc) is 2.96. The van der Waals surface area contributed by atoms with Crippen molar-refractivity contribution in [2.45, 2.75) is 65.8 Å². The first-order chi connectivity index (χ1) is 13.3. The number of nitrogens with zero attached hydrogens (tertiary/aromatic N) is 3. The monoisotopic (exact) mass is 395 g/mol. The van der Waals surface area contributed by atoms with E-state index >= 15 is 0 Å². The van der Waals surface area contributed by atoms with Gasteiger partial charge in [-0.05, 0) is 27.5 Å². The molecule has 2 aromatic heterocycles. The second kappa shape index (κ2) is 7.13. The zero-order valence-corrected chi connectivity index (χ0v) is 18.2. The molecule has 0 radical (unpaired) electrons. The number of carbonyl (C=O) groups is 1. The normalized spacial score (nSPS) is 12.4. The minimum atomic E-state index is -0.378. The van der Waals surface area contributed by atoms with Gasteiger partial charge in [0.2, 0.25) is 11.9 Å². The summed E-state index contributed by atoms with van der Waals surface area (Å²) >= 11 is 0. The molecule has 0 aliphatic rings. The third-order valence-electron chi connectivity index (χ3n) is 4.85. The summed E-state index contributed by atoms with van der Waals surface area (Å²) in [4.78, 5) is 34.8. The van der Waals surface area contributed by atoms with Crippen LogP contribution in [0.1, 0.15) is 65.2 Å². The Bertz CT molecular complexity index is 1090. The van der Waals surface area contributed by atoms with E-state index in [0.29, 0.717) is 12.2 Å². The van der Waals surface area contributed by atoms with Crippen molar-refractivity contribution in [2.24, 2.45) is 0 Å². The van der Waals surface area contributed by atoms with Crippen LogP contribution in [-0.2, 0) is 22.2 Å². The molecule has 7 heteroatoms. The molecule has 7 nitrogen and oxygen atoms in total. The summed E-state index contributed by atoms with van der Waals surface area (Å²) < 4.78 is 1.84. The number of imidazole rings is 1. The lowest BCUT2D eigenvalue weighted by Crippen LogP contribution is -2.18. The van der Waals surface area contributed by atoms with Crippen molar-refractivity contribution in [2.75, 3.05) is 5.32 Å². The zero-order chi connectivity index (χ0) is 21.6. The molecule has 0 bridgehead atoms. The Kier molecular flexibility index (Phi) is 5.11. The van der Waals surface area contributed by atoms with Gasteiger partial charge in [-0.15, -0.1) is 0 Å². The smallest absolute Gasteiger partial charge is 0.280 e. The number of benzene rings is 1. The van der Waals surface area contributed by atoms with Crippen LogP contribution in [-0.4, -0.2) is 25.4 Å². The summed E-state index contributed by atoms with van der Waals surface area (Å²) in [5, 5.41) is 2.53. The molecule has 0 saturated carbocycles. The molecule has 3 rings (SSSR count). The number of nitrogens with one attached hydrogen (secondary N) is 2. The number of fused-ring (bicyclic) bond motifs is 1. The van der Waals surface area contributed by atoms with E-state index in [2.05, 4.69) is 80.0 Å². The van der Waals surface area contributed by atoms with E-state index in [0.717, 1.165) is 5.56 Å². The summed E-state index contributed by atoms with van der Waals surface area (Å²) in [6, 6.07) is 6.67. The van der Waals surface area contributed by atoms with Gasteiger partial charge in [-0.2, -0.15) is 4.98 Å². The van der Waals surface area contributed by atoms with Crippen molar-refractivity contribution in [3.63, 3.8) is 0 Å². The molecule has 0 spiro atoms. The second-order valence-electron chi connectivity index (χ2n) is 9.56. The number of rotatable bonds is 3. The number of hydrogen-bond acceptors (Lipinski definition) is 4. The summed E-state index contributed by atoms with van der Waals surface area (Å²) in [5.41, 5.74) is 3.98. The topological polar surface area (TPSA) is 92.7 Å². The van der Waals surface area contributed by atoms with Gasteiger partial charge in [0.15, 0.2) is 11.2 Å². The molecule has 3 aromatic rings. The second-order valence-corrected chi connectivity index (χ2v) is 9.56. The summed E-state index contributed by atoms with van der Waals surface area (Å²) in [6.07, 6.45) is 1.62. The SMILES string of the molecule is CC(=O)Nc1nc2c(ncn2Cc2cc(C(C)(C)C)cc(C(C)(C)C)c2)c(=O)[nH]1. The van der Waals surface area contributed by atoms with E-state index in [9.17, 15) is 9.59 Å². The first kappa shape index (κ1) is 20.8. The molecule has 0 fully saturated rings. The number of H-pyrrole nitrogens is 1. The van der Waals surface area contributed by atoms with Crippen LogP contribution in [0.3, 0.4) is 0 Å². The third kappa shape index (κ3) is 4.55. The van der Waals surface area contributed by atoms with Crippen molar-refractivity contribution < 1.29 is 4.79 Å². The maximum absolute atomic E-state index is 12.3. The predicted octanol–water partition coefficient (Wildman–Crippen LogP) is 3.72. The fourth-order valence-corrected chi connectivity index (χ4v) is 3.14. The van der Waals surface area contributed by atoms with E-state index in [-0.39, 0.29) is 33.8 Å². The van der Waals surface area contributed by atoms with E-state index in [1.54, 1.807) is 6.33 Å². The molecule has 0 unspecified atom stereocenters. The maximum Gasteiger partial charge on any atom is 0.280 e. The molecule has 1 aromatic carbocycles. The Hall–Kier alpha value is -2.96. The quantitative estimate of drug-likeness (QED) is 0.707. The van der Waals surface area contributed by atoms with Crippen LogP contribution in [0.2, 0.25) is 0 Å². The van der Waals surface area contributed by atoms with Crippen molar-refractivity contribution >= 4 is 23.0 Å². The fourth-order valence-electron chi connectivity index (χ4n) is 3.14. The third-order valence-corrected chi connectivity index (χ3v) is 4.85. The Morgan fingerprint density at radius 1 is 1.07 bits per heavy atom. The summed E-state index contributed by atoms with van der Waals surface area (Å²) in [5.74, 6) is -0.179. The van der Waals surface area contributed by atoms with Crippen molar-refractivity contribution in [3.05, 3.63) is 51.6 Å². The number of carbonyl (C=O) groups excluding carboxylic acids is 1. The van der Waals surface area contributed by atoms with Gasteiger partial charge in [0.05, 0.1) is 12.9 Å². The van der Waals surface area contributed by atoms with Gasteiger partial charge in [0.1, 0.15) is 0 Å². The van der Waals surface area contributed by atoms with Crippen molar-refractivity contribution in [1.82, 2.24) is 19.5 Å². The van der Waals surface area contributed by atoms with Crippen molar-refractivity contribution in [1.29, 1.82) is 0 Å². The molecule has 0 atom stereocenters. The van der Waals surface area contributed by atoms with Crippen LogP contribution in [0.5, 0.6) is 0 Å². The van der Waals surface area contributed by atoms with Gasteiger partial charge in [-0.3, -0.25) is 19.9 Å². The largest absolute Gasteiger partial charge is 0.311 e. The maximum atomic E-state index is 12.3. The van der Waals surface area contributed by atoms with Gasteiger partial charge in [-0.25, -0.2) is 4.98 Å². The highest BCUT2D eigenvalue weighted by Crippen LogP contribution is 2.30. The lowest BCUT2D eigenvalue weighted by atomic mass is 9.79. The van der Waals surface area contributed by atoms with Gasteiger partial charge in [0, 0.05) is 6.92 Å². The number of aromatic nitrogens is 4. The number of aromatic amines is 1. The van der Waals surface area contributed by atoms with Crippen LogP contribution in [0, 0.1) is 0 Å². The van der Waals surface area contributed by atoms with Crippen LogP contribution in [0.4, 0.5) is 5.95 Å². The van der Waals surface area contributed by atoms with Crippen LogP contribution >= 0.6 is 0 Å².